The zero-order valence-electron chi connectivity index (χ0n) is 23.8. The van der Waals surface area contributed by atoms with Crippen molar-refractivity contribution in [3.8, 4) is 11.5 Å². The van der Waals surface area contributed by atoms with Gasteiger partial charge in [-0.15, -0.1) is 0 Å². The number of rotatable bonds is 13. The zero-order valence-corrected chi connectivity index (χ0v) is 23.8. The lowest BCUT2D eigenvalue weighted by molar-refractivity contribution is -0.191. The van der Waals surface area contributed by atoms with Gasteiger partial charge in [0.25, 0.3) is 5.56 Å². The van der Waals surface area contributed by atoms with Crippen LogP contribution >= 0.6 is 0 Å². The van der Waals surface area contributed by atoms with E-state index in [-0.39, 0.29) is 17.9 Å². The Kier molecular flexibility index (Phi) is 11.0. The van der Waals surface area contributed by atoms with Gasteiger partial charge in [0.05, 0.1) is 37.2 Å². The Morgan fingerprint density at radius 1 is 0.860 bits per heavy atom. The summed E-state index contributed by atoms with van der Waals surface area (Å²) < 4.78 is 23.0. The molecule has 17 heteroatoms. The first kappa shape index (κ1) is 32.8. The summed E-state index contributed by atoms with van der Waals surface area (Å²) in [6.07, 6.45) is -4.78. The van der Waals surface area contributed by atoms with E-state index in [2.05, 4.69) is 15.0 Å². The van der Waals surface area contributed by atoms with Gasteiger partial charge in [0.1, 0.15) is 6.61 Å². The van der Waals surface area contributed by atoms with Crippen LogP contribution in [0.3, 0.4) is 0 Å². The predicted octanol–water partition coefficient (Wildman–Crippen LogP) is -2.23. The van der Waals surface area contributed by atoms with Gasteiger partial charge in [0.15, 0.2) is 29.8 Å². The topological polar surface area (TPSA) is 264 Å². The number of benzene rings is 1. The molecule has 7 N–H and O–H groups in total. The van der Waals surface area contributed by atoms with E-state index in [0.29, 0.717) is 11.0 Å². The maximum absolute atomic E-state index is 12.7. The number of carbonyl (C=O) groups is 4. The lowest BCUT2D eigenvalue weighted by atomic mass is 10.1. The molecule has 2 aliphatic rings. The average molecular weight is 604 g/mol. The Morgan fingerprint density at radius 2 is 1.44 bits per heavy atom. The van der Waals surface area contributed by atoms with Gasteiger partial charge in [0.2, 0.25) is 0 Å². The smallest absolute Gasteiger partial charge is 0.349 e. The number of nitrogens with zero attached hydrogens (tertiary/aromatic N) is 3. The van der Waals surface area contributed by atoms with E-state index in [1.54, 1.807) is 12.1 Å². The number of fused-ring (bicyclic) bond motifs is 2. The number of esters is 4. The molecular weight excluding hydrogens is 570 g/mol. The van der Waals surface area contributed by atoms with Gasteiger partial charge in [-0.3, -0.25) is 29.0 Å². The molecule has 3 atom stereocenters. The van der Waals surface area contributed by atoms with Crippen LogP contribution in [0.15, 0.2) is 21.7 Å². The Morgan fingerprint density at radius 3 is 2.05 bits per heavy atom. The molecule has 0 aliphatic carbocycles. The van der Waals surface area contributed by atoms with Crippen molar-refractivity contribution in [3.05, 3.63) is 44.1 Å². The third kappa shape index (κ3) is 7.97. The number of nitrogens with two attached hydrogens (primary N) is 3. The van der Waals surface area contributed by atoms with E-state index < -0.39 is 86.2 Å². The molecular formula is C26H33N7O10. The van der Waals surface area contributed by atoms with E-state index >= 15 is 0 Å². The van der Waals surface area contributed by atoms with Crippen LogP contribution in [-0.4, -0.2) is 87.9 Å². The largest absolute Gasteiger partial charge is 0.462 e. The standard InChI is InChI=1S/C26H33N7O10/c1-4-18(34)40-11-17(42-20(36)8-28)23(43-21(37)9-29)16(41-19(35)7-27)10-33-15-6-13(3)12(2)5-14(15)30-22-24(33)31-26(39)32-25(22)38/h5-6,16-17,23H,4,7-11,27-29H2,1-3H3,(H,32,38,39). The Hall–Kier alpha value is -4.74. The minimum atomic E-state index is -1.65. The maximum Gasteiger partial charge on any atom is 0.349 e. The van der Waals surface area contributed by atoms with Crippen LogP contribution in [0.5, 0.6) is 0 Å². The second-order valence-electron chi connectivity index (χ2n) is 9.35. The first-order valence-electron chi connectivity index (χ1n) is 13.2. The van der Waals surface area contributed by atoms with Crippen LogP contribution in [0.2, 0.25) is 0 Å². The van der Waals surface area contributed by atoms with Gasteiger partial charge in [0, 0.05) is 6.42 Å². The molecule has 1 aromatic rings. The molecule has 0 aromatic heterocycles. The molecule has 1 aromatic carbocycles. The van der Waals surface area contributed by atoms with Crippen LogP contribution in [0.4, 0.5) is 0 Å². The van der Waals surface area contributed by atoms with Gasteiger partial charge in [-0.1, -0.05) is 6.92 Å². The van der Waals surface area contributed by atoms with Crippen molar-refractivity contribution in [2.45, 2.75) is 52.0 Å². The SMILES string of the molecule is CCC(=O)OCC(OC(=O)CN)C(OC(=O)CN)C(Cn1c2nc(=O)[nH]c(=O)c-2nc2cc(C)c(C)cc21)OC(=O)CN. The van der Waals surface area contributed by atoms with Crippen LogP contribution in [0.25, 0.3) is 22.6 Å². The fourth-order valence-corrected chi connectivity index (χ4v) is 4.12. The Balaban J connectivity index is 2.29. The molecule has 0 bridgehead atoms. The van der Waals surface area contributed by atoms with E-state index in [4.69, 9.17) is 36.1 Å². The predicted molar refractivity (Wildman–Crippen MR) is 149 cm³/mol. The van der Waals surface area contributed by atoms with Gasteiger partial charge in [-0.25, -0.2) is 9.78 Å². The second-order valence-corrected chi connectivity index (χ2v) is 9.35. The van der Waals surface area contributed by atoms with E-state index in [9.17, 15) is 28.8 Å². The van der Waals surface area contributed by atoms with Crippen molar-refractivity contribution in [2.75, 3.05) is 26.2 Å². The lowest BCUT2D eigenvalue weighted by Gasteiger charge is -2.33. The number of ether oxygens (including phenoxy) is 4. The van der Waals surface area contributed by atoms with Gasteiger partial charge in [-0.2, -0.15) is 4.98 Å². The quantitative estimate of drug-likeness (QED) is 0.0914. The summed E-state index contributed by atoms with van der Waals surface area (Å²) in [5.74, 6) is -3.77. The molecule has 232 valence electrons. The number of aromatic nitrogens is 4. The molecule has 0 amide bonds. The normalized spacial score (nSPS) is 13.3. The third-order valence-corrected chi connectivity index (χ3v) is 6.35. The fraction of sp³-hybridized carbons (Fsp3) is 0.462. The number of carbonyl (C=O) groups excluding carboxylic acids is 4. The molecule has 0 saturated heterocycles. The second kappa shape index (κ2) is 14.4. The summed E-state index contributed by atoms with van der Waals surface area (Å²) in [4.78, 5) is 84.7. The molecule has 0 saturated carbocycles. The van der Waals surface area contributed by atoms with Gasteiger partial charge in [-0.05, 0) is 37.1 Å². The molecule has 3 rings (SSSR count). The molecule has 2 aliphatic heterocycles. The minimum absolute atomic E-state index is 0.0300. The van der Waals surface area contributed by atoms with Crippen LogP contribution < -0.4 is 28.5 Å². The highest BCUT2D eigenvalue weighted by atomic mass is 16.6. The molecule has 0 spiro atoms. The molecule has 0 radical (unpaired) electrons. The summed E-state index contributed by atoms with van der Waals surface area (Å²) in [5, 5.41) is 0. The van der Waals surface area contributed by atoms with Crippen molar-refractivity contribution < 1.29 is 38.1 Å². The first-order chi connectivity index (χ1) is 20.4. The summed E-state index contributed by atoms with van der Waals surface area (Å²) in [6, 6.07) is 3.41. The van der Waals surface area contributed by atoms with Crippen molar-refractivity contribution in [1.29, 1.82) is 0 Å². The van der Waals surface area contributed by atoms with Crippen LogP contribution in [0.1, 0.15) is 24.5 Å². The van der Waals surface area contributed by atoms with Gasteiger partial charge < -0.3 is 40.7 Å². The highest BCUT2D eigenvalue weighted by Gasteiger charge is 2.40. The summed E-state index contributed by atoms with van der Waals surface area (Å²) in [6.45, 7) is 2.29. The average Bonchev–Trinajstić information content (AvgIpc) is 2.98. The molecule has 0 fully saturated rings. The Labute approximate surface area is 244 Å². The maximum atomic E-state index is 12.7. The van der Waals surface area contributed by atoms with Crippen molar-refractivity contribution in [3.63, 3.8) is 0 Å². The van der Waals surface area contributed by atoms with E-state index in [1.165, 1.54) is 11.5 Å². The van der Waals surface area contributed by atoms with Crippen molar-refractivity contribution in [1.82, 2.24) is 19.5 Å². The molecule has 43 heavy (non-hydrogen) atoms. The fourth-order valence-electron chi connectivity index (χ4n) is 4.12. The first-order valence-corrected chi connectivity index (χ1v) is 13.2. The number of nitrogens with one attached hydrogen (secondary N) is 1. The summed E-state index contributed by atoms with van der Waals surface area (Å²) in [5.41, 5.74) is 16.7. The van der Waals surface area contributed by atoms with Crippen molar-refractivity contribution >= 4 is 34.9 Å². The molecule has 17 nitrogen and oxygen atoms in total. The summed E-state index contributed by atoms with van der Waals surface area (Å²) >= 11 is 0. The highest BCUT2D eigenvalue weighted by Crippen LogP contribution is 2.26. The number of hydrogen-bond donors (Lipinski definition) is 4. The minimum Gasteiger partial charge on any atom is -0.462 e. The molecule has 2 heterocycles. The van der Waals surface area contributed by atoms with E-state index in [0.717, 1.165) is 11.1 Å². The van der Waals surface area contributed by atoms with Crippen LogP contribution in [0, 0.1) is 13.8 Å². The van der Waals surface area contributed by atoms with E-state index in [1.807, 2.05) is 13.8 Å². The zero-order chi connectivity index (χ0) is 31.8. The van der Waals surface area contributed by atoms with Gasteiger partial charge >= 0.3 is 29.6 Å². The number of aryl methyl sites for hydroxylation is 2. The lowest BCUT2D eigenvalue weighted by Crippen LogP contribution is -2.51. The Bertz CT molecular complexity index is 1600. The van der Waals surface area contributed by atoms with Crippen molar-refractivity contribution in [2.24, 2.45) is 17.2 Å². The van der Waals surface area contributed by atoms with Crippen LogP contribution in [-0.2, 0) is 44.7 Å². The monoisotopic (exact) mass is 603 g/mol. The summed E-state index contributed by atoms with van der Waals surface area (Å²) in [7, 11) is 0. The highest BCUT2D eigenvalue weighted by molar-refractivity contribution is 5.81. The third-order valence-electron chi connectivity index (χ3n) is 6.35. The number of aromatic amines is 1. The molecule has 3 unspecified atom stereocenters. The number of hydrogen-bond acceptors (Lipinski definition) is 15. The number of H-pyrrole nitrogens is 1.